The van der Waals surface area contributed by atoms with Crippen LogP contribution in [-0.2, 0) is 14.3 Å². The van der Waals surface area contributed by atoms with Gasteiger partial charge in [0.2, 0.25) is 5.91 Å². The molecule has 1 N–H and O–H groups in total. The van der Waals surface area contributed by atoms with Crippen molar-refractivity contribution in [3.8, 4) is 0 Å². The van der Waals surface area contributed by atoms with Gasteiger partial charge < -0.3 is 10.1 Å². The molecular weight excluding hydrogens is 396 g/mol. The second-order valence-electron chi connectivity index (χ2n) is 9.90. The van der Waals surface area contributed by atoms with E-state index in [0.29, 0.717) is 17.5 Å². The topological polar surface area (TPSA) is 92.8 Å². The van der Waals surface area contributed by atoms with Crippen molar-refractivity contribution in [2.45, 2.75) is 44.9 Å². The zero-order valence-corrected chi connectivity index (χ0v) is 17.6. The van der Waals surface area contributed by atoms with E-state index in [1.165, 1.54) is 19.3 Å². The van der Waals surface area contributed by atoms with E-state index in [2.05, 4.69) is 5.32 Å². The van der Waals surface area contributed by atoms with Crippen molar-refractivity contribution in [2.24, 2.45) is 23.2 Å². The molecular formula is C24H28N2O5. The summed E-state index contributed by atoms with van der Waals surface area (Å²) in [6, 6.07) is 6.64. The number of carbonyl (C=O) groups excluding carboxylic acids is 4. The van der Waals surface area contributed by atoms with Crippen LogP contribution in [-0.4, -0.2) is 48.3 Å². The maximum atomic E-state index is 12.5. The Labute approximate surface area is 181 Å². The average molecular weight is 424 g/mol. The SMILES string of the molecule is O=C(CC12CC3CC(CC(C3)C1)C2)NCC(=O)OCCN1C(=O)c2ccccc2C1=O. The molecule has 7 heteroatoms. The van der Waals surface area contributed by atoms with Crippen molar-refractivity contribution in [2.75, 3.05) is 19.7 Å². The largest absolute Gasteiger partial charge is 0.462 e. The van der Waals surface area contributed by atoms with Crippen LogP contribution >= 0.6 is 0 Å². The third-order valence-electron chi connectivity index (χ3n) is 7.59. The van der Waals surface area contributed by atoms with Gasteiger partial charge in [-0.05, 0) is 73.8 Å². The van der Waals surface area contributed by atoms with Gasteiger partial charge in [0.1, 0.15) is 13.2 Å². The number of carbonyl (C=O) groups is 4. The molecule has 0 unspecified atom stereocenters. The first-order valence-corrected chi connectivity index (χ1v) is 11.3. The van der Waals surface area contributed by atoms with E-state index in [9.17, 15) is 19.2 Å². The molecule has 1 aliphatic heterocycles. The molecule has 1 heterocycles. The maximum Gasteiger partial charge on any atom is 0.325 e. The second kappa shape index (κ2) is 7.77. The Hall–Kier alpha value is -2.70. The zero-order valence-electron chi connectivity index (χ0n) is 17.6. The Balaban J connectivity index is 1.05. The molecule has 3 amide bonds. The van der Waals surface area contributed by atoms with Crippen LogP contribution in [0.4, 0.5) is 0 Å². The van der Waals surface area contributed by atoms with Crippen molar-refractivity contribution in [1.82, 2.24) is 10.2 Å². The summed E-state index contributed by atoms with van der Waals surface area (Å²) in [5, 5.41) is 2.71. The lowest BCUT2D eigenvalue weighted by Gasteiger charge is -2.56. The predicted octanol–water partition coefficient (Wildman–Crippen LogP) is 2.55. The normalized spacial score (nSPS) is 30.5. The molecule has 4 aliphatic carbocycles. The molecule has 4 bridgehead atoms. The summed E-state index contributed by atoms with van der Waals surface area (Å²) in [5.74, 6) is 0.958. The number of benzene rings is 1. The molecule has 164 valence electrons. The summed E-state index contributed by atoms with van der Waals surface area (Å²) < 4.78 is 5.14. The van der Waals surface area contributed by atoms with Gasteiger partial charge in [-0.25, -0.2) is 0 Å². The monoisotopic (exact) mass is 424 g/mol. The summed E-state index contributed by atoms with van der Waals surface area (Å²) >= 11 is 0. The minimum Gasteiger partial charge on any atom is -0.462 e. The van der Waals surface area contributed by atoms with Gasteiger partial charge >= 0.3 is 5.97 Å². The molecule has 0 aromatic heterocycles. The molecule has 31 heavy (non-hydrogen) atoms. The van der Waals surface area contributed by atoms with Crippen molar-refractivity contribution in [3.05, 3.63) is 35.4 Å². The highest BCUT2D eigenvalue weighted by molar-refractivity contribution is 6.21. The van der Waals surface area contributed by atoms with Gasteiger partial charge in [-0.1, -0.05) is 12.1 Å². The third kappa shape index (κ3) is 3.86. The van der Waals surface area contributed by atoms with Crippen molar-refractivity contribution < 1.29 is 23.9 Å². The number of amides is 3. The van der Waals surface area contributed by atoms with Crippen LogP contribution < -0.4 is 5.32 Å². The van der Waals surface area contributed by atoms with Gasteiger partial charge in [-0.2, -0.15) is 0 Å². The first kappa shape index (κ1) is 20.2. The van der Waals surface area contributed by atoms with Crippen molar-refractivity contribution >= 4 is 23.7 Å². The van der Waals surface area contributed by atoms with E-state index in [0.717, 1.165) is 41.9 Å². The first-order chi connectivity index (χ1) is 14.9. The maximum absolute atomic E-state index is 12.5. The quantitative estimate of drug-likeness (QED) is 0.536. The van der Waals surface area contributed by atoms with Gasteiger partial charge in [-0.3, -0.25) is 24.1 Å². The molecule has 0 saturated heterocycles. The molecule has 0 atom stereocenters. The number of nitrogens with zero attached hydrogens (tertiary/aromatic N) is 1. The molecule has 6 rings (SSSR count). The van der Waals surface area contributed by atoms with Gasteiger partial charge in [0.25, 0.3) is 11.8 Å². The molecule has 1 aromatic carbocycles. The van der Waals surface area contributed by atoms with E-state index in [-0.39, 0.29) is 42.8 Å². The van der Waals surface area contributed by atoms with E-state index < -0.39 is 5.97 Å². The average Bonchev–Trinajstić information content (AvgIpc) is 2.96. The Bertz CT molecular complexity index is 869. The smallest absolute Gasteiger partial charge is 0.325 e. The number of imide groups is 1. The standard InChI is InChI=1S/C24H28N2O5/c27-20(13-24-10-15-7-16(11-24)9-17(8-15)12-24)25-14-21(28)31-6-5-26-22(29)18-3-1-2-4-19(18)23(26)30/h1-4,15-17H,5-14H2,(H,25,27). The number of rotatable bonds is 7. The molecule has 4 fully saturated rings. The molecule has 0 radical (unpaired) electrons. The number of fused-ring (bicyclic) bond motifs is 1. The summed E-state index contributed by atoms with van der Waals surface area (Å²) in [6.45, 7) is -0.276. The molecule has 1 aromatic rings. The lowest BCUT2D eigenvalue weighted by molar-refractivity contribution is -0.145. The van der Waals surface area contributed by atoms with Gasteiger partial charge in [-0.15, -0.1) is 0 Å². The molecule has 7 nitrogen and oxygen atoms in total. The fraction of sp³-hybridized carbons (Fsp3) is 0.583. The number of hydrogen-bond acceptors (Lipinski definition) is 5. The first-order valence-electron chi connectivity index (χ1n) is 11.3. The minimum atomic E-state index is -0.560. The predicted molar refractivity (Wildman–Crippen MR) is 111 cm³/mol. The van der Waals surface area contributed by atoms with E-state index in [1.54, 1.807) is 24.3 Å². The number of hydrogen-bond donors (Lipinski definition) is 1. The minimum absolute atomic E-state index is 0.000685. The Morgan fingerprint density at radius 2 is 1.52 bits per heavy atom. The molecule has 0 spiro atoms. The van der Waals surface area contributed by atoms with Crippen LogP contribution in [0.25, 0.3) is 0 Å². The van der Waals surface area contributed by atoms with Crippen LogP contribution in [0.15, 0.2) is 24.3 Å². The van der Waals surface area contributed by atoms with E-state index in [4.69, 9.17) is 4.74 Å². The summed E-state index contributed by atoms with van der Waals surface area (Å²) in [5.41, 5.74) is 0.875. The van der Waals surface area contributed by atoms with Crippen molar-refractivity contribution in [3.63, 3.8) is 0 Å². The third-order valence-corrected chi connectivity index (χ3v) is 7.59. The molecule has 5 aliphatic rings. The van der Waals surface area contributed by atoms with Crippen LogP contribution in [0.2, 0.25) is 0 Å². The number of esters is 1. The summed E-state index contributed by atoms with van der Waals surface area (Å²) in [6.07, 6.45) is 7.95. The Morgan fingerprint density at radius 1 is 0.968 bits per heavy atom. The highest BCUT2D eigenvalue weighted by Crippen LogP contribution is 2.61. The van der Waals surface area contributed by atoms with Gasteiger partial charge in [0.15, 0.2) is 0 Å². The fourth-order valence-corrected chi connectivity index (χ4v) is 6.82. The summed E-state index contributed by atoms with van der Waals surface area (Å²) in [7, 11) is 0. The second-order valence-corrected chi connectivity index (χ2v) is 9.90. The van der Waals surface area contributed by atoms with Crippen LogP contribution in [0.3, 0.4) is 0 Å². The Kier molecular flexibility index (Phi) is 5.07. The van der Waals surface area contributed by atoms with Crippen LogP contribution in [0.5, 0.6) is 0 Å². The van der Waals surface area contributed by atoms with Gasteiger partial charge in [0, 0.05) is 6.42 Å². The highest BCUT2D eigenvalue weighted by atomic mass is 16.5. The summed E-state index contributed by atoms with van der Waals surface area (Å²) in [4.78, 5) is 50.3. The van der Waals surface area contributed by atoms with Crippen LogP contribution in [0, 0.1) is 23.2 Å². The fourth-order valence-electron chi connectivity index (χ4n) is 6.82. The lowest BCUT2D eigenvalue weighted by atomic mass is 9.49. The number of ether oxygens (including phenoxy) is 1. The van der Waals surface area contributed by atoms with Gasteiger partial charge in [0.05, 0.1) is 17.7 Å². The van der Waals surface area contributed by atoms with E-state index >= 15 is 0 Å². The molecule has 4 saturated carbocycles. The highest BCUT2D eigenvalue weighted by Gasteiger charge is 2.51. The van der Waals surface area contributed by atoms with Crippen LogP contribution in [0.1, 0.15) is 65.7 Å². The Morgan fingerprint density at radius 3 is 2.06 bits per heavy atom. The van der Waals surface area contributed by atoms with Crippen molar-refractivity contribution in [1.29, 1.82) is 0 Å². The zero-order chi connectivity index (χ0) is 21.6. The number of nitrogens with one attached hydrogen (secondary N) is 1. The van der Waals surface area contributed by atoms with E-state index in [1.807, 2.05) is 0 Å². The lowest BCUT2D eigenvalue weighted by Crippen LogP contribution is -2.48.